The van der Waals surface area contributed by atoms with Gasteiger partial charge in [0.15, 0.2) is 5.96 Å². The molecule has 1 aromatic rings. The molecular formula is C21H34N4O. The van der Waals surface area contributed by atoms with Crippen LogP contribution in [0.4, 0.5) is 0 Å². The van der Waals surface area contributed by atoms with Crippen LogP contribution in [0.5, 0.6) is 0 Å². The Balaban J connectivity index is 1.89. The Bertz CT molecular complexity index is 625. The molecule has 1 fully saturated rings. The predicted molar refractivity (Wildman–Crippen MR) is 108 cm³/mol. The van der Waals surface area contributed by atoms with Crippen molar-refractivity contribution >= 4 is 11.9 Å². The van der Waals surface area contributed by atoms with Gasteiger partial charge in [-0.25, -0.2) is 0 Å². The molecule has 0 aromatic heterocycles. The van der Waals surface area contributed by atoms with Crippen LogP contribution >= 0.6 is 0 Å². The van der Waals surface area contributed by atoms with Gasteiger partial charge in [-0.15, -0.1) is 0 Å². The van der Waals surface area contributed by atoms with Crippen molar-refractivity contribution in [1.82, 2.24) is 16.0 Å². The van der Waals surface area contributed by atoms with Crippen LogP contribution in [0.3, 0.4) is 0 Å². The van der Waals surface area contributed by atoms with Crippen LogP contribution < -0.4 is 16.0 Å². The normalized spacial score (nSPS) is 21.2. The minimum atomic E-state index is -0.241. The summed E-state index contributed by atoms with van der Waals surface area (Å²) in [5, 5.41) is 9.89. The summed E-state index contributed by atoms with van der Waals surface area (Å²) in [5.74, 6) is 1.62. The van der Waals surface area contributed by atoms with Crippen molar-refractivity contribution in [2.24, 2.45) is 10.9 Å². The monoisotopic (exact) mass is 358 g/mol. The lowest BCUT2D eigenvalue weighted by Crippen LogP contribution is -2.44. The molecule has 0 unspecified atom stereocenters. The standard InChI is InChI=1S/C21H34N4O/c1-15-9-11-18(12-10-15)24-20(22-5)23-14-16-7-6-8-17(13-16)19(26)25-21(2,3)4/h6-8,13,15,18H,9-12,14H2,1-5H3,(H,25,26)(H2,22,23,24). The molecule has 0 radical (unpaired) electrons. The van der Waals surface area contributed by atoms with Crippen molar-refractivity contribution in [1.29, 1.82) is 0 Å². The summed E-state index contributed by atoms with van der Waals surface area (Å²) in [6.07, 6.45) is 4.95. The zero-order chi connectivity index (χ0) is 19.2. The number of guanidine groups is 1. The molecule has 5 heteroatoms. The zero-order valence-corrected chi connectivity index (χ0v) is 16.9. The number of benzene rings is 1. The Morgan fingerprint density at radius 1 is 1.19 bits per heavy atom. The number of nitrogens with one attached hydrogen (secondary N) is 3. The maximum atomic E-state index is 12.3. The van der Waals surface area contributed by atoms with E-state index in [1.807, 2.05) is 45.0 Å². The molecular weight excluding hydrogens is 324 g/mol. The molecule has 0 heterocycles. The van der Waals surface area contributed by atoms with Crippen molar-refractivity contribution in [2.75, 3.05) is 7.05 Å². The summed E-state index contributed by atoms with van der Waals surface area (Å²) in [4.78, 5) is 16.7. The number of nitrogens with zero attached hydrogens (tertiary/aromatic N) is 1. The van der Waals surface area contributed by atoms with Gasteiger partial charge >= 0.3 is 0 Å². The van der Waals surface area contributed by atoms with Gasteiger partial charge in [0.25, 0.3) is 5.91 Å². The number of aliphatic imine (C=N–C) groups is 1. The van der Waals surface area contributed by atoms with Gasteiger partial charge in [-0.2, -0.15) is 0 Å². The number of carbonyl (C=O) groups excluding carboxylic acids is 1. The van der Waals surface area contributed by atoms with E-state index in [0.29, 0.717) is 18.2 Å². The number of hydrogen-bond acceptors (Lipinski definition) is 2. The number of carbonyl (C=O) groups is 1. The molecule has 0 aliphatic heterocycles. The minimum Gasteiger partial charge on any atom is -0.354 e. The number of amides is 1. The quantitative estimate of drug-likeness (QED) is 0.570. The molecule has 3 N–H and O–H groups in total. The van der Waals surface area contributed by atoms with E-state index in [1.54, 1.807) is 7.05 Å². The molecule has 2 rings (SSSR count). The lowest BCUT2D eigenvalue weighted by molar-refractivity contribution is 0.0919. The van der Waals surface area contributed by atoms with Crippen molar-refractivity contribution in [3.63, 3.8) is 0 Å². The van der Waals surface area contributed by atoms with Gasteiger partial charge in [0.1, 0.15) is 0 Å². The molecule has 1 amide bonds. The van der Waals surface area contributed by atoms with Crippen LogP contribution in [-0.4, -0.2) is 30.5 Å². The first-order chi connectivity index (χ1) is 12.3. The second-order valence-corrected chi connectivity index (χ2v) is 8.43. The van der Waals surface area contributed by atoms with Crippen LogP contribution in [0.2, 0.25) is 0 Å². The highest BCUT2D eigenvalue weighted by molar-refractivity contribution is 5.94. The maximum Gasteiger partial charge on any atom is 0.251 e. The third-order valence-electron chi connectivity index (χ3n) is 4.72. The first kappa shape index (κ1) is 20.3. The molecule has 144 valence electrons. The van der Waals surface area contributed by atoms with Crippen molar-refractivity contribution in [3.8, 4) is 0 Å². The van der Waals surface area contributed by atoms with Crippen LogP contribution in [0.15, 0.2) is 29.3 Å². The third-order valence-corrected chi connectivity index (χ3v) is 4.72. The Kier molecular flexibility index (Phi) is 7.06. The molecule has 0 saturated heterocycles. The highest BCUT2D eigenvalue weighted by Crippen LogP contribution is 2.23. The van der Waals surface area contributed by atoms with Gasteiger partial charge in [-0.3, -0.25) is 9.79 Å². The van der Waals surface area contributed by atoms with Gasteiger partial charge < -0.3 is 16.0 Å². The Hall–Kier alpha value is -2.04. The summed E-state index contributed by atoms with van der Waals surface area (Å²) in [6, 6.07) is 8.23. The fraction of sp³-hybridized carbons (Fsp3) is 0.619. The summed E-state index contributed by atoms with van der Waals surface area (Å²) < 4.78 is 0. The smallest absolute Gasteiger partial charge is 0.251 e. The van der Waals surface area contributed by atoms with E-state index in [-0.39, 0.29) is 11.4 Å². The van der Waals surface area contributed by atoms with Crippen molar-refractivity contribution in [2.45, 2.75) is 71.5 Å². The summed E-state index contributed by atoms with van der Waals surface area (Å²) >= 11 is 0. The largest absolute Gasteiger partial charge is 0.354 e. The molecule has 0 bridgehead atoms. The Labute approximate surface area is 158 Å². The minimum absolute atomic E-state index is 0.0433. The van der Waals surface area contributed by atoms with Gasteiger partial charge in [-0.05, 0) is 70.1 Å². The average molecular weight is 359 g/mol. The second-order valence-electron chi connectivity index (χ2n) is 8.43. The Morgan fingerprint density at radius 2 is 1.88 bits per heavy atom. The SMILES string of the molecule is CN=C(NCc1cccc(C(=O)NC(C)(C)C)c1)NC1CCC(C)CC1. The van der Waals surface area contributed by atoms with Gasteiger partial charge in [-0.1, -0.05) is 19.1 Å². The molecule has 1 aliphatic carbocycles. The first-order valence-electron chi connectivity index (χ1n) is 9.65. The maximum absolute atomic E-state index is 12.3. The highest BCUT2D eigenvalue weighted by atomic mass is 16.1. The van der Waals surface area contributed by atoms with Crippen LogP contribution in [0.25, 0.3) is 0 Å². The van der Waals surface area contributed by atoms with Gasteiger partial charge in [0.05, 0.1) is 0 Å². The fourth-order valence-corrected chi connectivity index (χ4v) is 3.21. The molecule has 5 nitrogen and oxygen atoms in total. The number of hydrogen-bond donors (Lipinski definition) is 3. The molecule has 0 atom stereocenters. The topological polar surface area (TPSA) is 65.5 Å². The number of rotatable bonds is 4. The third kappa shape index (κ3) is 6.70. The van der Waals surface area contributed by atoms with Crippen molar-refractivity contribution < 1.29 is 4.79 Å². The van der Waals surface area contributed by atoms with E-state index < -0.39 is 0 Å². The lowest BCUT2D eigenvalue weighted by Gasteiger charge is -2.28. The van der Waals surface area contributed by atoms with Crippen LogP contribution in [-0.2, 0) is 6.54 Å². The van der Waals surface area contributed by atoms with E-state index in [0.717, 1.165) is 17.4 Å². The predicted octanol–water partition coefficient (Wildman–Crippen LogP) is 3.46. The van der Waals surface area contributed by atoms with E-state index >= 15 is 0 Å². The summed E-state index contributed by atoms with van der Waals surface area (Å²) in [6.45, 7) is 8.92. The van der Waals surface area contributed by atoms with E-state index in [1.165, 1.54) is 25.7 Å². The lowest BCUT2D eigenvalue weighted by atomic mass is 9.87. The summed E-state index contributed by atoms with van der Waals surface area (Å²) in [5.41, 5.74) is 1.50. The average Bonchev–Trinajstić information content (AvgIpc) is 2.59. The molecule has 1 aliphatic rings. The first-order valence-corrected chi connectivity index (χ1v) is 9.65. The second kappa shape index (κ2) is 9.06. The molecule has 0 spiro atoms. The van der Waals surface area contributed by atoms with Gasteiger partial charge in [0.2, 0.25) is 0 Å². The fourth-order valence-electron chi connectivity index (χ4n) is 3.21. The van der Waals surface area contributed by atoms with E-state index in [9.17, 15) is 4.79 Å². The highest BCUT2D eigenvalue weighted by Gasteiger charge is 2.19. The zero-order valence-electron chi connectivity index (χ0n) is 16.9. The van der Waals surface area contributed by atoms with Crippen LogP contribution in [0.1, 0.15) is 69.3 Å². The summed E-state index contributed by atoms with van der Waals surface area (Å²) in [7, 11) is 1.80. The van der Waals surface area contributed by atoms with Crippen LogP contribution in [0, 0.1) is 5.92 Å². The molecule has 1 saturated carbocycles. The molecule has 26 heavy (non-hydrogen) atoms. The molecule has 1 aromatic carbocycles. The Morgan fingerprint density at radius 3 is 2.50 bits per heavy atom. The van der Waals surface area contributed by atoms with E-state index in [4.69, 9.17) is 0 Å². The van der Waals surface area contributed by atoms with E-state index in [2.05, 4.69) is 27.9 Å². The van der Waals surface area contributed by atoms with Crippen molar-refractivity contribution in [3.05, 3.63) is 35.4 Å². The van der Waals surface area contributed by atoms with Gasteiger partial charge in [0, 0.05) is 30.7 Å².